The summed E-state index contributed by atoms with van der Waals surface area (Å²) in [6.07, 6.45) is 1.33. The summed E-state index contributed by atoms with van der Waals surface area (Å²) in [6.45, 7) is 5.98. The molecule has 2 aliphatic rings. The highest BCUT2D eigenvalue weighted by atomic mass is 35.5. The van der Waals surface area contributed by atoms with Gasteiger partial charge in [0.25, 0.3) is 5.91 Å². The first-order chi connectivity index (χ1) is 13.9. The van der Waals surface area contributed by atoms with E-state index in [1.807, 2.05) is 48.2 Å². The molecular formula is C22H25ClN4O2. The number of nitrogens with one attached hydrogen (secondary N) is 2. The van der Waals surface area contributed by atoms with E-state index in [1.165, 1.54) is 0 Å². The number of nitrogens with zero attached hydrogens (tertiary/aromatic N) is 2. The number of hydrogen-bond donors (Lipinski definition) is 2. The minimum Gasteiger partial charge on any atom is -0.348 e. The highest BCUT2D eigenvalue weighted by Gasteiger charge is 2.45. The Labute approximate surface area is 175 Å². The quantitative estimate of drug-likeness (QED) is 0.775. The Bertz CT molecular complexity index is 936. The van der Waals surface area contributed by atoms with E-state index in [9.17, 15) is 9.59 Å². The molecule has 2 N–H and O–H groups in total. The van der Waals surface area contributed by atoms with Crippen LogP contribution in [0.1, 0.15) is 35.7 Å². The average Bonchev–Trinajstić information content (AvgIpc) is 2.71. The number of amides is 3. The third-order valence-corrected chi connectivity index (χ3v) is 6.09. The summed E-state index contributed by atoms with van der Waals surface area (Å²) < 4.78 is 0. The second-order valence-corrected chi connectivity index (χ2v) is 8.11. The monoisotopic (exact) mass is 412 g/mol. The van der Waals surface area contributed by atoms with Crippen molar-refractivity contribution in [3.63, 3.8) is 0 Å². The Morgan fingerprint density at radius 1 is 1.17 bits per heavy atom. The predicted molar refractivity (Wildman–Crippen MR) is 116 cm³/mol. The molecule has 0 saturated carbocycles. The van der Waals surface area contributed by atoms with Crippen LogP contribution in [-0.4, -0.2) is 42.1 Å². The van der Waals surface area contributed by atoms with Crippen molar-refractivity contribution < 1.29 is 9.59 Å². The van der Waals surface area contributed by atoms with Crippen molar-refractivity contribution in [2.24, 2.45) is 0 Å². The number of fused-ring (bicyclic) bond motifs is 1. The van der Waals surface area contributed by atoms with Gasteiger partial charge in [-0.15, -0.1) is 0 Å². The van der Waals surface area contributed by atoms with Crippen molar-refractivity contribution in [2.45, 2.75) is 32.4 Å². The molecule has 0 radical (unpaired) electrons. The van der Waals surface area contributed by atoms with E-state index in [0.29, 0.717) is 36.5 Å². The Morgan fingerprint density at radius 3 is 2.52 bits per heavy atom. The summed E-state index contributed by atoms with van der Waals surface area (Å²) >= 11 is 6.09. The summed E-state index contributed by atoms with van der Waals surface area (Å²) in [7, 11) is 0. The molecule has 2 aromatic rings. The number of rotatable bonds is 2. The fourth-order valence-corrected chi connectivity index (χ4v) is 4.46. The van der Waals surface area contributed by atoms with Gasteiger partial charge >= 0.3 is 6.03 Å². The smallest absolute Gasteiger partial charge is 0.321 e. The molecule has 0 bridgehead atoms. The van der Waals surface area contributed by atoms with Crippen LogP contribution in [-0.2, 0) is 0 Å². The predicted octanol–water partition coefficient (Wildman–Crippen LogP) is 4.24. The zero-order valence-corrected chi connectivity index (χ0v) is 17.4. The number of carbonyl (C=O) groups is 2. The molecule has 3 amide bonds. The lowest BCUT2D eigenvalue weighted by Gasteiger charge is -2.52. The standard InChI is InChI=1S/C22H25ClN4O2/c1-3-27-19-9-6-16(23)14-18(19)20(28)25-22(27)10-12-26(13-11-22)21(29)24-17-7-4-15(2)5-8-17/h4-9,14H,3,10-13H2,1-2H3,(H,24,29)(H,25,28). The second kappa shape index (κ2) is 7.59. The Morgan fingerprint density at radius 2 is 1.86 bits per heavy atom. The summed E-state index contributed by atoms with van der Waals surface area (Å²) in [5.41, 5.74) is 2.96. The van der Waals surface area contributed by atoms with Gasteiger partial charge in [0.1, 0.15) is 5.66 Å². The van der Waals surface area contributed by atoms with Crippen LogP contribution < -0.4 is 15.5 Å². The van der Waals surface area contributed by atoms with E-state index in [4.69, 9.17) is 11.6 Å². The van der Waals surface area contributed by atoms with Gasteiger partial charge < -0.3 is 20.4 Å². The molecule has 29 heavy (non-hydrogen) atoms. The van der Waals surface area contributed by atoms with Gasteiger partial charge in [-0.3, -0.25) is 4.79 Å². The number of hydrogen-bond acceptors (Lipinski definition) is 3. The number of anilines is 2. The van der Waals surface area contributed by atoms with Crippen LogP contribution in [0.25, 0.3) is 0 Å². The van der Waals surface area contributed by atoms with E-state index in [0.717, 1.165) is 23.5 Å². The van der Waals surface area contributed by atoms with E-state index < -0.39 is 5.66 Å². The normalized spacial score (nSPS) is 17.7. The van der Waals surface area contributed by atoms with Crippen LogP contribution in [0.2, 0.25) is 5.02 Å². The van der Waals surface area contributed by atoms with Gasteiger partial charge in [0.2, 0.25) is 0 Å². The minimum absolute atomic E-state index is 0.107. The SMILES string of the molecule is CCN1c2ccc(Cl)cc2C(=O)NC12CCN(C(=O)Nc1ccc(C)cc1)CC2. The summed E-state index contributed by atoms with van der Waals surface area (Å²) in [5.74, 6) is -0.107. The van der Waals surface area contributed by atoms with Gasteiger partial charge in [0, 0.05) is 43.2 Å². The van der Waals surface area contributed by atoms with Gasteiger partial charge in [-0.25, -0.2) is 4.79 Å². The molecule has 0 unspecified atom stereocenters. The van der Waals surface area contributed by atoms with Crippen LogP contribution in [0.15, 0.2) is 42.5 Å². The molecule has 152 valence electrons. The molecule has 0 atom stereocenters. The molecule has 7 heteroatoms. The van der Waals surface area contributed by atoms with Gasteiger partial charge in [0.15, 0.2) is 0 Å². The number of piperidine rings is 1. The fraction of sp³-hybridized carbons (Fsp3) is 0.364. The molecule has 0 aliphatic carbocycles. The van der Waals surface area contributed by atoms with Crippen molar-refractivity contribution in [1.29, 1.82) is 0 Å². The number of likely N-dealkylation sites (tertiary alicyclic amines) is 1. The van der Waals surface area contributed by atoms with E-state index >= 15 is 0 Å². The maximum atomic E-state index is 12.8. The first-order valence-electron chi connectivity index (χ1n) is 9.94. The lowest BCUT2D eigenvalue weighted by atomic mass is 9.90. The number of halogens is 1. The highest BCUT2D eigenvalue weighted by molar-refractivity contribution is 6.31. The molecule has 2 aromatic carbocycles. The van der Waals surface area contributed by atoms with E-state index in [1.54, 1.807) is 6.07 Å². The van der Waals surface area contributed by atoms with Crippen LogP contribution in [0.5, 0.6) is 0 Å². The van der Waals surface area contributed by atoms with Crippen molar-refractivity contribution in [3.8, 4) is 0 Å². The van der Waals surface area contributed by atoms with Gasteiger partial charge in [-0.05, 0) is 44.2 Å². The van der Waals surface area contributed by atoms with E-state index in [-0.39, 0.29) is 11.9 Å². The molecule has 1 spiro atoms. The fourth-order valence-electron chi connectivity index (χ4n) is 4.29. The van der Waals surface area contributed by atoms with Gasteiger partial charge in [0.05, 0.1) is 11.3 Å². The topological polar surface area (TPSA) is 64.7 Å². The summed E-state index contributed by atoms with van der Waals surface area (Å²) in [6, 6.07) is 13.1. The first kappa shape index (κ1) is 19.6. The number of aryl methyl sites for hydroxylation is 1. The third kappa shape index (κ3) is 3.65. The lowest BCUT2D eigenvalue weighted by Crippen LogP contribution is -2.68. The Hall–Kier alpha value is -2.73. The third-order valence-electron chi connectivity index (χ3n) is 5.85. The van der Waals surface area contributed by atoms with Crippen molar-refractivity contribution in [1.82, 2.24) is 10.2 Å². The van der Waals surface area contributed by atoms with Gasteiger partial charge in [-0.2, -0.15) is 0 Å². The molecule has 2 heterocycles. The minimum atomic E-state index is -0.479. The zero-order valence-electron chi connectivity index (χ0n) is 16.7. The largest absolute Gasteiger partial charge is 0.348 e. The van der Waals surface area contributed by atoms with Crippen LogP contribution >= 0.6 is 11.6 Å². The molecule has 6 nitrogen and oxygen atoms in total. The highest BCUT2D eigenvalue weighted by Crippen LogP contribution is 2.38. The van der Waals surface area contributed by atoms with Crippen molar-refractivity contribution >= 4 is 34.9 Å². The Balaban J connectivity index is 1.49. The lowest BCUT2D eigenvalue weighted by molar-refractivity contribution is 0.0808. The summed E-state index contributed by atoms with van der Waals surface area (Å²) in [4.78, 5) is 29.5. The molecule has 1 fully saturated rings. The maximum Gasteiger partial charge on any atom is 0.321 e. The van der Waals surface area contributed by atoms with Crippen LogP contribution in [0.4, 0.5) is 16.2 Å². The van der Waals surface area contributed by atoms with Crippen molar-refractivity contribution in [3.05, 3.63) is 58.6 Å². The molecule has 2 aliphatic heterocycles. The van der Waals surface area contributed by atoms with Gasteiger partial charge in [-0.1, -0.05) is 29.3 Å². The number of urea groups is 1. The molecule has 1 saturated heterocycles. The van der Waals surface area contributed by atoms with Crippen molar-refractivity contribution in [2.75, 3.05) is 29.9 Å². The summed E-state index contributed by atoms with van der Waals surface area (Å²) in [5, 5.41) is 6.71. The molecular weight excluding hydrogens is 388 g/mol. The number of carbonyl (C=O) groups excluding carboxylic acids is 2. The van der Waals surface area contributed by atoms with E-state index in [2.05, 4.69) is 22.5 Å². The van der Waals surface area contributed by atoms with Crippen LogP contribution in [0, 0.1) is 6.92 Å². The second-order valence-electron chi connectivity index (χ2n) is 7.67. The molecule has 0 aromatic heterocycles. The van der Waals surface area contributed by atoms with Crippen LogP contribution in [0.3, 0.4) is 0 Å². The molecule has 4 rings (SSSR count). The Kier molecular flexibility index (Phi) is 5.13. The maximum absolute atomic E-state index is 12.8. The average molecular weight is 413 g/mol. The number of benzene rings is 2. The first-order valence-corrected chi connectivity index (χ1v) is 10.3. The zero-order chi connectivity index (χ0) is 20.6.